The zero-order chi connectivity index (χ0) is 25.3. The summed E-state index contributed by atoms with van der Waals surface area (Å²) in [5, 5.41) is 2.83. The molecule has 186 valence electrons. The monoisotopic (exact) mass is 497 g/mol. The Hall–Kier alpha value is -3.43. The van der Waals surface area contributed by atoms with E-state index in [0.29, 0.717) is 12.2 Å². The van der Waals surface area contributed by atoms with Crippen LogP contribution in [-0.4, -0.2) is 44.3 Å². The summed E-state index contributed by atoms with van der Waals surface area (Å²) in [4.78, 5) is 28.0. The van der Waals surface area contributed by atoms with Crippen LogP contribution in [0.15, 0.2) is 88.4 Å². The van der Waals surface area contributed by atoms with Crippen molar-refractivity contribution in [1.82, 2.24) is 14.9 Å². The van der Waals surface area contributed by atoms with Crippen LogP contribution in [0.3, 0.4) is 0 Å². The third-order valence-corrected chi connectivity index (χ3v) is 6.94. The summed E-state index contributed by atoms with van der Waals surface area (Å²) in [5.74, 6) is -0.424. The van der Waals surface area contributed by atoms with Crippen molar-refractivity contribution in [3.05, 3.63) is 90.4 Å². The largest absolute Gasteiger partial charge is 0.467 e. The van der Waals surface area contributed by atoms with Crippen molar-refractivity contribution in [3.63, 3.8) is 0 Å². The van der Waals surface area contributed by atoms with Crippen LogP contribution in [0.5, 0.6) is 0 Å². The maximum absolute atomic E-state index is 13.3. The molecule has 0 radical (unpaired) electrons. The first-order valence-electron chi connectivity index (χ1n) is 11.5. The van der Waals surface area contributed by atoms with Gasteiger partial charge < -0.3 is 14.6 Å². The fourth-order valence-electron chi connectivity index (χ4n) is 3.75. The van der Waals surface area contributed by atoms with Gasteiger partial charge in [0.25, 0.3) is 0 Å². The summed E-state index contributed by atoms with van der Waals surface area (Å²) >= 11 is 0. The molecule has 0 spiro atoms. The molecule has 2 amide bonds. The molecule has 0 saturated heterocycles. The molecule has 35 heavy (non-hydrogen) atoms. The van der Waals surface area contributed by atoms with Crippen molar-refractivity contribution in [2.45, 2.75) is 37.8 Å². The Morgan fingerprint density at radius 2 is 1.60 bits per heavy atom. The third-order valence-electron chi connectivity index (χ3n) is 5.52. The Kier molecular flexibility index (Phi) is 9.22. The summed E-state index contributed by atoms with van der Waals surface area (Å²) in [6.45, 7) is 3.70. The molecular weight excluding hydrogens is 466 g/mol. The van der Waals surface area contributed by atoms with Gasteiger partial charge >= 0.3 is 0 Å². The molecule has 9 heteroatoms. The average molecular weight is 498 g/mol. The SMILES string of the molecule is CC(C)C(C(=O)NCc1ccco1)N(CCc1ccccc1)C(=O)CNS(=O)(=O)c1ccccc1. The Balaban J connectivity index is 1.77. The standard InChI is InChI=1S/C26H31N3O5S/c1-20(2)25(26(31)27-18-22-12-9-17-34-22)29(16-15-21-10-5-3-6-11-21)24(30)19-28-35(32,33)23-13-7-4-8-14-23/h3-14,17,20,25,28H,15-16,18-19H2,1-2H3,(H,27,31). The van der Waals surface area contributed by atoms with Crippen molar-refractivity contribution in [1.29, 1.82) is 0 Å². The van der Waals surface area contributed by atoms with Gasteiger partial charge in [-0.15, -0.1) is 0 Å². The lowest BCUT2D eigenvalue weighted by molar-refractivity contribution is -0.141. The molecule has 1 unspecified atom stereocenters. The second-order valence-corrected chi connectivity index (χ2v) is 10.2. The normalized spacial score (nSPS) is 12.3. The number of amides is 2. The summed E-state index contributed by atoms with van der Waals surface area (Å²) in [5.41, 5.74) is 1.01. The van der Waals surface area contributed by atoms with Crippen molar-refractivity contribution in [2.75, 3.05) is 13.1 Å². The lowest BCUT2D eigenvalue weighted by Crippen LogP contribution is -2.54. The Labute approximate surface area is 206 Å². The topological polar surface area (TPSA) is 109 Å². The van der Waals surface area contributed by atoms with E-state index in [2.05, 4.69) is 10.0 Å². The molecular formula is C26H31N3O5S. The molecule has 0 aliphatic heterocycles. The van der Waals surface area contributed by atoms with Gasteiger partial charge in [0.1, 0.15) is 11.8 Å². The molecule has 2 N–H and O–H groups in total. The number of hydrogen-bond donors (Lipinski definition) is 2. The van der Waals surface area contributed by atoms with Crippen LogP contribution >= 0.6 is 0 Å². The highest BCUT2D eigenvalue weighted by molar-refractivity contribution is 7.89. The van der Waals surface area contributed by atoms with Crippen LogP contribution in [0.25, 0.3) is 0 Å². The molecule has 3 aromatic rings. The number of hydrogen-bond acceptors (Lipinski definition) is 5. The zero-order valence-corrected chi connectivity index (χ0v) is 20.7. The van der Waals surface area contributed by atoms with E-state index in [-0.39, 0.29) is 29.8 Å². The van der Waals surface area contributed by atoms with E-state index in [1.807, 2.05) is 44.2 Å². The quantitative estimate of drug-likeness (QED) is 0.400. The van der Waals surface area contributed by atoms with E-state index in [1.165, 1.54) is 23.3 Å². The van der Waals surface area contributed by atoms with Crippen molar-refractivity contribution >= 4 is 21.8 Å². The predicted octanol–water partition coefficient (Wildman–Crippen LogP) is 2.97. The van der Waals surface area contributed by atoms with Gasteiger partial charge in [0.05, 0.1) is 24.2 Å². The number of carbonyl (C=O) groups is 2. The summed E-state index contributed by atoms with van der Waals surface area (Å²) in [7, 11) is -3.87. The van der Waals surface area contributed by atoms with Crippen LogP contribution in [0, 0.1) is 5.92 Å². The number of furan rings is 1. The Bertz CT molecular complexity index is 1180. The molecule has 1 atom stereocenters. The van der Waals surface area contributed by atoms with Crippen LogP contribution in [0.1, 0.15) is 25.2 Å². The van der Waals surface area contributed by atoms with Gasteiger partial charge in [0, 0.05) is 6.54 Å². The van der Waals surface area contributed by atoms with Crippen LogP contribution in [0.4, 0.5) is 0 Å². The zero-order valence-electron chi connectivity index (χ0n) is 19.9. The molecule has 2 aromatic carbocycles. The highest BCUT2D eigenvalue weighted by Gasteiger charge is 2.32. The fraction of sp³-hybridized carbons (Fsp3) is 0.308. The van der Waals surface area contributed by atoms with Crippen LogP contribution < -0.4 is 10.0 Å². The maximum Gasteiger partial charge on any atom is 0.243 e. The minimum absolute atomic E-state index is 0.0697. The lowest BCUT2D eigenvalue weighted by atomic mass is 10.00. The molecule has 0 aliphatic carbocycles. The fourth-order valence-corrected chi connectivity index (χ4v) is 4.75. The minimum Gasteiger partial charge on any atom is -0.467 e. The van der Waals surface area contributed by atoms with Gasteiger partial charge in [0.2, 0.25) is 21.8 Å². The van der Waals surface area contributed by atoms with E-state index in [0.717, 1.165) is 5.56 Å². The van der Waals surface area contributed by atoms with E-state index < -0.39 is 28.5 Å². The number of rotatable bonds is 12. The third kappa shape index (κ3) is 7.53. The predicted molar refractivity (Wildman–Crippen MR) is 133 cm³/mol. The summed E-state index contributed by atoms with van der Waals surface area (Å²) in [6.07, 6.45) is 2.04. The molecule has 1 heterocycles. The lowest BCUT2D eigenvalue weighted by Gasteiger charge is -2.33. The first kappa shape index (κ1) is 26.2. The smallest absolute Gasteiger partial charge is 0.243 e. The summed E-state index contributed by atoms with van der Waals surface area (Å²) in [6, 6.07) is 20.2. The van der Waals surface area contributed by atoms with Crippen LogP contribution in [0.2, 0.25) is 0 Å². The molecule has 0 bridgehead atoms. The first-order valence-corrected chi connectivity index (χ1v) is 12.9. The van der Waals surface area contributed by atoms with E-state index in [9.17, 15) is 18.0 Å². The van der Waals surface area contributed by atoms with E-state index in [1.54, 1.807) is 30.3 Å². The van der Waals surface area contributed by atoms with Gasteiger partial charge in [-0.25, -0.2) is 13.1 Å². The molecule has 3 rings (SSSR count). The summed E-state index contributed by atoms with van der Waals surface area (Å²) < 4.78 is 32.9. The molecule has 0 fully saturated rings. The highest BCUT2D eigenvalue weighted by Crippen LogP contribution is 2.15. The van der Waals surface area contributed by atoms with Gasteiger partial charge in [-0.05, 0) is 42.2 Å². The second kappa shape index (κ2) is 12.3. The highest BCUT2D eigenvalue weighted by atomic mass is 32.2. The molecule has 1 aromatic heterocycles. The van der Waals surface area contributed by atoms with Crippen molar-refractivity contribution in [2.24, 2.45) is 5.92 Å². The Morgan fingerprint density at radius 3 is 2.20 bits per heavy atom. The molecule has 0 saturated carbocycles. The average Bonchev–Trinajstić information content (AvgIpc) is 3.38. The van der Waals surface area contributed by atoms with Gasteiger partial charge in [-0.3, -0.25) is 9.59 Å². The van der Waals surface area contributed by atoms with Gasteiger partial charge in [-0.2, -0.15) is 0 Å². The van der Waals surface area contributed by atoms with Crippen LogP contribution in [-0.2, 0) is 32.6 Å². The van der Waals surface area contributed by atoms with E-state index >= 15 is 0 Å². The Morgan fingerprint density at radius 1 is 0.943 bits per heavy atom. The van der Waals surface area contributed by atoms with E-state index in [4.69, 9.17) is 4.42 Å². The number of sulfonamides is 1. The van der Waals surface area contributed by atoms with Crippen molar-refractivity contribution in [3.8, 4) is 0 Å². The van der Waals surface area contributed by atoms with Gasteiger partial charge in [-0.1, -0.05) is 62.4 Å². The number of nitrogens with one attached hydrogen (secondary N) is 2. The number of nitrogens with zero attached hydrogens (tertiary/aromatic N) is 1. The first-order chi connectivity index (χ1) is 16.8. The maximum atomic E-state index is 13.3. The molecule has 0 aliphatic rings. The number of carbonyl (C=O) groups excluding carboxylic acids is 2. The number of benzene rings is 2. The van der Waals surface area contributed by atoms with Gasteiger partial charge in [0.15, 0.2) is 0 Å². The molecule has 8 nitrogen and oxygen atoms in total. The van der Waals surface area contributed by atoms with Crippen molar-refractivity contribution < 1.29 is 22.4 Å². The second-order valence-electron chi connectivity index (χ2n) is 8.45. The minimum atomic E-state index is -3.87.